The molecule has 1 aromatic carbocycles. The highest BCUT2D eigenvalue weighted by Crippen LogP contribution is 2.37. The minimum absolute atomic E-state index is 0.00444. The number of nitrogens with zero attached hydrogens (tertiary/aromatic N) is 1. The zero-order chi connectivity index (χ0) is 17.4. The molecule has 5 nitrogen and oxygen atoms in total. The second kappa shape index (κ2) is 6.05. The third kappa shape index (κ3) is 2.65. The molecule has 24 heavy (non-hydrogen) atoms. The maximum atomic E-state index is 12.5. The maximum absolute atomic E-state index is 12.5. The molecule has 2 heterocycles. The molecule has 0 aliphatic heterocycles. The molecule has 2 aromatic heterocycles. The van der Waals surface area contributed by atoms with Gasteiger partial charge >= 0.3 is 5.97 Å². The third-order valence-electron chi connectivity index (χ3n) is 4.09. The number of nitrogens with two attached hydrogens (primary N) is 1. The Bertz CT molecular complexity index is 962. The van der Waals surface area contributed by atoms with E-state index in [4.69, 9.17) is 5.73 Å². The Morgan fingerprint density at radius 2 is 1.88 bits per heavy atom. The Morgan fingerprint density at radius 1 is 1.21 bits per heavy atom. The Hall–Kier alpha value is -2.73. The quantitative estimate of drug-likeness (QED) is 0.708. The smallest absolute Gasteiger partial charge is 0.348 e. The summed E-state index contributed by atoms with van der Waals surface area (Å²) in [4.78, 5) is 28.9. The van der Waals surface area contributed by atoms with E-state index in [1.807, 2.05) is 32.0 Å². The molecule has 3 N–H and O–H groups in total. The summed E-state index contributed by atoms with van der Waals surface area (Å²) in [5, 5.41) is 9.88. The molecule has 0 saturated carbocycles. The Labute approximate surface area is 142 Å². The molecular formula is C18H16N2O3S. The van der Waals surface area contributed by atoms with Gasteiger partial charge in [-0.3, -0.25) is 4.79 Å². The summed E-state index contributed by atoms with van der Waals surface area (Å²) < 4.78 is 0. The van der Waals surface area contributed by atoms with Crippen molar-refractivity contribution in [3.05, 3.63) is 57.6 Å². The van der Waals surface area contributed by atoms with Crippen molar-refractivity contribution in [2.24, 2.45) is 0 Å². The van der Waals surface area contributed by atoms with Crippen LogP contribution in [0, 0.1) is 13.8 Å². The summed E-state index contributed by atoms with van der Waals surface area (Å²) in [5.41, 5.74) is 9.22. The van der Waals surface area contributed by atoms with Crippen LogP contribution < -0.4 is 5.73 Å². The number of anilines is 1. The number of hydrogen-bond donors (Lipinski definition) is 2. The van der Waals surface area contributed by atoms with Crippen LogP contribution in [0.2, 0.25) is 0 Å². The lowest BCUT2D eigenvalue weighted by Gasteiger charge is -2.10. The van der Waals surface area contributed by atoms with Gasteiger partial charge in [0.05, 0.1) is 5.69 Å². The van der Waals surface area contributed by atoms with Crippen LogP contribution in [-0.4, -0.2) is 21.8 Å². The lowest BCUT2D eigenvalue weighted by molar-refractivity contribution is 0.0703. The standard InChI is InChI=1S/C18H16N2O3S/c1-9-12(8-13(21)11-6-4-3-5-7-11)10(2)20-17-14(9)15(19)16(24-17)18(22)23/h3-7H,8,19H2,1-2H3,(H,22,23). The fourth-order valence-electron chi connectivity index (χ4n) is 2.82. The van der Waals surface area contributed by atoms with E-state index in [0.29, 0.717) is 15.8 Å². The molecule has 0 unspecified atom stereocenters. The predicted molar refractivity (Wildman–Crippen MR) is 94.9 cm³/mol. The van der Waals surface area contributed by atoms with Crippen molar-refractivity contribution in [1.82, 2.24) is 4.98 Å². The average molecular weight is 340 g/mol. The van der Waals surface area contributed by atoms with Crippen LogP contribution in [0.1, 0.15) is 36.9 Å². The third-order valence-corrected chi connectivity index (χ3v) is 5.17. The number of nitrogen functional groups attached to an aromatic ring is 1. The van der Waals surface area contributed by atoms with Gasteiger partial charge in [0.1, 0.15) is 9.71 Å². The molecule has 0 amide bonds. The number of benzene rings is 1. The lowest BCUT2D eigenvalue weighted by Crippen LogP contribution is -2.08. The van der Waals surface area contributed by atoms with Crippen molar-refractivity contribution in [3.8, 4) is 0 Å². The minimum Gasteiger partial charge on any atom is -0.477 e. The fourth-order valence-corrected chi connectivity index (χ4v) is 3.86. The normalized spacial score (nSPS) is 10.9. The van der Waals surface area contributed by atoms with Crippen molar-refractivity contribution >= 4 is 39.0 Å². The zero-order valence-electron chi connectivity index (χ0n) is 13.3. The first-order valence-corrected chi connectivity index (χ1v) is 8.21. The molecule has 3 rings (SSSR count). The van der Waals surface area contributed by atoms with Crippen LogP contribution in [0.15, 0.2) is 30.3 Å². The number of carbonyl (C=O) groups excluding carboxylic acids is 1. The average Bonchev–Trinajstić information content (AvgIpc) is 2.89. The largest absolute Gasteiger partial charge is 0.477 e. The molecular weight excluding hydrogens is 324 g/mol. The number of rotatable bonds is 4. The monoisotopic (exact) mass is 340 g/mol. The van der Waals surface area contributed by atoms with E-state index in [9.17, 15) is 14.7 Å². The number of carbonyl (C=O) groups is 2. The summed E-state index contributed by atoms with van der Waals surface area (Å²) in [6.45, 7) is 3.69. The SMILES string of the molecule is Cc1nc2sc(C(=O)O)c(N)c2c(C)c1CC(=O)c1ccccc1. The number of aryl methyl sites for hydroxylation is 2. The van der Waals surface area contributed by atoms with Gasteiger partial charge in [0.25, 0.3) is 0 Å². The van der Waals surface area contributed by atoms with E-state index in [1.54, 1.807) is 12.1 Å². The summed E-state index contributed by atoms with van der Waals surface area (Å²) in [5.74, 6) is -1.07. The molecule has 3 aromatic rings. The van der Waals surface area contributed by atoms with Gasteiger partial charge in [0.2, 0.25) is 0 Å². The molecule has 0 radical (unpaired) electrons. The zero-order valence-corrected chi connectivity index (χ0v) is 14.1. The Kier molecular flexibility index (Phi) is 4.07. The van der Waals surface area contributed by atoms with Crippen molar-refractivity contribution in [1.29, 1.82) is 0 Å². The summed E-state index contributed by atoms with van der Waals surface area (Å²) in [6, 6.07) is 9.07. The van der Waals surface area contributed by atoms with E-state index in [-0.39, 0.29) is 22.8 Å². The fraction of sp³-hybridized carbons (Fsp3) is 0.167. The number of ketones is 1. The molecule has 0 spiro atoms. The molecule has 0 bridgehead atoms. The topological polar surface area (TPSA) is 93.3 Å². The predicted octanol–water partition coefficient (Wildman–Crippen LogP) is 3.62. The van der Waals surface area contributed by atoms with Gasteiger partial charge in [-0.1, -0.05) is 30.3 Å². The van der Waals surface area contributed by atoms with Crippen molar-refractivity contribution in [2.45, 2.75) is 20.3 Å². The summed E-state index contributed by atoms with van der Waals surface area (Å²) in [6.07, 6.45) is 0.211. The van der Waals surface area contributed by atoms with Crippen LogP contribution in [0.25, 0.3) is 10.2 Å². The van der Waals surface area contributed by atoms with Crippen LogP contribution >= 0.6 is 11.3 Å². The number of carboxylic acids is 1. The van der Waals surface area contributed by atoms with Crippen molar-refractivity contribution in [2.75, 3.05) is 5.73 Å². The van der Waals surface area contributed by atoms with E-state index < -0.39 is 5.97 Å². The number of thiophene rings is 1. The van der Waals surface area contributed by atoms with Crippen LogP contribution in [0.4, 0.5) is 5.69 Å². The van der Waals surface area contributed by atoms with Crippen molar-refractivity contribution in [3.63, 3.8) is 0 Å². The lowest BCUT2D eigenvalue weighted by atomic mass is 9.96. The number of aromatic nitrogens is 1. The van der Waals surface area contributed by atoms with Gasteiger partial charge < -0.3 is 10.8 Å². The van der Waals surface area contributed by atoms with Gasteiger partial charge in [0.15, 0.2) is 5.78 Å². The molecule has 6 heteroatoms. The highest BCUT2D eigenvalue weighted by Gasteiger charge is 2.21. The molecule has 0 aliphatic rings. The van der Waals surface area contributed by atoms with E-state index in [2.05, 4.69) is 4.98 Å². The van der Waals surface area contributed by atoms with Crippen LogP contribution in [-0.2, 0) is 6.42 Å². The summed E-state index contributed by atoms with van der Waals surface area (Å²) >= 11 is 1.06. The molecule has 0 aliphatic carbocycles. The second-order valence-corrected chi connectivity index (χ2v) is 6.60. The first-order valence-electron chi connectivity index (χ1n) is 7.39. The van der Waals surface area contributed by atoms with Crippen LogP contribution in [0.5, 0.6) is 0 Å². The Balaban J connectivity index is 2.10. The van der Waals surface area contributed by atoms with Gasteiger partial charge in [-0.15, -0.1) is 11.3 Å². The van der Waals surface area contributed by atoms with Gasteiger partial charge in [-0.25, -0.2) is 9.78 Å². The van der Waals surface area contributed by atoms with Crippen molar-refractivity contribution < 1.29 is 14.7 Å². The molecule has 122 valence electrons. The number of carboxylic acid groups (broad SMARTS) is 1. The number of aromatic carboxylic acids is 1. The van der Waals surface area contributed by atoms with E-state index in [0.717, 1.165) is 28.2 Å². The highest BCUT2D eigenvalue weighted by atomic mass is 32.1. The highest BCUT2D eigenvalue weighted by molar-refractivity contribution is 7.21. The van der Waals surface area contributed by atoms with Gasteiger partial charge in [-0.2, -0.15) is 0 Å². The van der Waals surface area contributed by atoms with Crippen LogP contribution in [0.3, 0.4) is 0 Å². The minimum atomic E-state index is -1.06. The maximum Gasteiger partial charge on any atom is 0.348 e. The van der Waals surface area contributed by atoms with Gasteiger partial charge in [-0.05, 0) is 25.0 Å². The molecule has 0 saturated heterocycles. The number of Topliss-reactive ketones (excluding diaryl/α,β-unsaturated/α-hetero) is 1. The number of hydrogen-bond acceptors (Lipinski definition) is 5. The van der Waals surface area contributed by atoms with Gasteiger partial charge in [0, 0.05) is 23.1 Å². The first-order chi connectivity index (χ1) is 11.4. The van der Waals surface area contributed by atoms with E-state index >= 15 is 0 Å². The number of pyridine rings is 1. The number of fused-ring (bicyclic) bond motifs is 1. The Morgan fingerprint density at radius 3 is 2.50 bits per heavy atom. The summed E-state index contributed by atoms with van der Waals surface area (Å²) in [7, 11) is 0. The molecule has 0 fully saturated rings. The molecule has 0 atom stereocenters. The first kappa shape index (κ1) is 16.1. The van der Waals surface area contributed by atoms with E-state index in [1.165, 1.54) is 0 Å². The second-order valence-electron chi connectivity index (χ2n) is 5.60.